The van der Waals surface area contributed by atoms with Crippen LogP contribution in [0.4, 0.5) is 13.2 Å². The third-order valence-corrected chi connectivity index (χ3v) is 4.72. The van der Waals surface area contributed by atoms with Crippen molar-refractivity contribution in [2.75, 3.05) is 0 Å². The fourth-order valence-corrected chi connectivity index (χ4v) is 2.99. The summed E-state index contributed by atoms with van der Waals surface area (Å²) in [6.45, 7) is 9.43. The molecule has 0 fully saturated rings. The number of halogens is 3. The lowest BCUT2D eigenvalue weighted by molar-refractivity contribution is -0.137. The molecule has 0 radical (unpaired) electrons. The average Bonchev–Trinajstić information content (AvgIpc) is 3.16. The van der Waals surface area contributed by atoms with Crippen LogP contribution in [0.2, 0.25) is 0 Å². The maximum atomic E-state index is 13.7. The topological polar surface area (TPSA) is 95.1 Å². The predicted molar refractivity (Wildman–Crippen MR) is 118 cm³/mol. The first-order valence-electron chi connectivity index (χ1n) is 10.0. The molecule has 0 atom stereocenters. The number of aryl methyl sites for hydroxylation is 1. The van der Waals surface area contributed by atoms with Crippen molar-refractivity contribution in [3.8, 4) is 0 Å². The van der Waals surface area contributed by atoms with E-state index >= 15 is 0 Å². The van der Waals surface area contributed by atoms with Crippen LogP contribution in [0, 0.1) is 0 Å². The van der Waals surface area contributed by atoms with Gasteiger partial charge in [0.1, 0.15) is 11.5 Å². The van der Waals surface area contributed by atoms with E-state index in [9.17, 15) is 18.0 Å². The molecule has 1 aromatic carbocycles. The van der Waals surface area contributed by atoms with Crippen molar-refractivity contribution in [2.24, 2.45) is 11.5 Å². The van der Waals surface area contributed by atoms with E-state index in [1.165, 1.54) is 24.3 Å². The molecule has 0 amide bonds. The first kappa shape index (κ1) is 25.0. The normalized spacial score (nSPS) is 13.0. The van der Waals surface area contributed by atoms with Crippen LogP contribution in [0.3, 0.4) is 0 Å². The van der Waals surface area contributed by atoms with Gasteiger partial charge in [-0.1, -0.05) is 50.7 Å². The Hall–Kier alpha value is -3.29. The zero-order chi connectivity index (χ0) is 24.1. The maximum Gasteiger partial charge on any atom is 0.417 e. The molecule has 0 aliphatic heterocycles. The monoisotopic (exact) mass is 447 g/mol. The second-order valence-corrected chi connectivity index (χ2v) is 8.56. The molecule has 1 aromatic heterocycles. The summed E-state index contributed by atoms with van der Waals surface area (Å²) >= 11 is 0. The molecule has 2 rings (SSSR count). The molecular formula is C24H28F3N3O2. The molecule has 5 nitrogen and oxygen atoms in total. The van der Waals surface area contributed by atoms with Gasteiger partial charge in [-0.2, -0.15) is 13.2 Å². The van der Waals surface area contributed by atoms with E-state index in [0.29, 0.717) is 17.9 Å². The maximum absolute atomic E-state index is 13.7. The van der Waals surface area contributed by atoms with E-state index in [-0.39, 0.29) is 46.4 Å². The van der Waals surface area contributed by atoms with E-state index < -0.39 is 11.7 Å². The predicted octanol–water partition coefficient (Wildman–Crippen LogP) is 5.06. The summed E-state index contributed by atoms with van der Waals surface area (Å²) in [6, 6.07) is 5.58. The zero-order valence-corrected chi connectivity index (χ0v) is 18.4. The minimum Gasteiger partial charge on any atom is -0.404 e. The standard InChI is InChI=1S/C24H28F3N3O2/c1-15(29)5-7-17(14-28)20-10-6-16(12-21(20)24(25,26)27)11-19(31)9-8-18-13-22(32-30-18)23(2,3)4/h5-7,10,12-14H,1,8-9,11,28-29H2,2-4H3/b7-5-,17-14+. The minimum absolute atomic E-state index is 0.106. The van der Waals surface area contributed by atoms with Gasteiger partial charge in [-0.05, 0) is 28.8 Å². The largest absolute Gasteiger partial charge is 0.417 e. The molecule has 4 N–H and O–H groups in total. The molecule has 1 heterocycles. The number of hydrogen-bond donors (Lipinski definition) is 2. The molecular weight excluding hydrogens is 419 g/mol. The van der Waals surface area contributed by atoms with E-state index in [1.54, 1.807) is 6.07 Å². The van der Waals surface area contributed by atoms with Crippen LogP contribution in [0.25, 0.3) is 5.57 Å². The summed E-state index contributed by atoms with van der Waals surface area (Å²) in [5.41, 5.74) is 11.0. The Labute approximate surface area is 185 Å². The summed E-state index contributed by atoms with van der Waals surface area (Å²) in [7, 11) is 0. The van der Waals surface area contributed by atoms with Gasteiger partial charge in [0.05, 0.1) is 11.3 Å². The first-order valence-corrected chi connectivity index (χ1v) is 10.0. The molecule has 0 saturated heterocycles. The number of carbonyl (C=O) groups is 1. The van der Waals surface area contributed by atoms with Crippen LogP contribution >= 0.6 is 0 Å². The molecule has 0 saturated carbocycles. The van der Waals surface area contributed by atoms with Gasteiger partial charge in [0.2, 0.25) is 0 Å². The number of alkyl halides is 3. The minimum atomic E-state index is -4.62. The molecule has 0 bridgehead atoms. The Morgan fingerprint density at radius 3 is 2.41 bits per heavy atom. The third-order valence-electron chi connectivity index (χ3n) is 4.72. The summed E-state index contributed by atoms with van der Waals surface area (Å²) in [5.74, 6) is 0.515. The molecule has 32 heavy (non-hydrogen) atoms. The number of ketones is 1. The lowest BCUT2D eigenvalue weighted by Crippen LogP contribution is -2.12. The highest BCUT2D eigenvalue weighted by Gasteiger charge is 2.34. The van der Waals surface area contributed by atoms with Gasteiger partial charge in [-0.3, -0.25) is 4.79 Å². The Morgan fingerprint density at radius 1 is 1.19 bits per heavy atom. The Bertz CT molecular complexity index is 1040. The van der Waals surface area contributed by atoms with Crippen LogP contribution < -0.4 is 11.5 Å². The number of carbonyl (C=O) groups excluding carboxylic acids is 1. The molecule has 0 unspecified atom stereocenters. The number of allylic oxidation sites excluding steroid dienone is 3. The summed E-state index contributed by atoms with van der Waals surface area (Å²) < 4.78 is 46.4. The number of Topliss-reactive ketones (excluding diaryl/α,β-unsaturated/α-hetero) is 1. The third kappa shape index (κ3) is 6.87. The van der Waals surface area contributed by atoms with Crippen LogP contribution in [0.15, 0.2) is 59.4 Å². The highest BCUT2D eigenvalue weighted by atomic mass is 19.4. The van der Waals surface area contributed by atoms with Crippen molar-refractivity contribution in [2.45, 2.75) is 51.6 Å². The van der Waals surface area contributed by atoms with Crippen molar-refractivity contribution < 1.29 is 22.5 Å². The lowest BCUT2D eigenvalue weighted by atomic mass is 9.93. The van der Waals surface area contributed by atoms with Crippen LogP contribution in [-0.4, -0.2) is 10.9 Å². The number of rotatable bonds is 8. The number of nitrogens with two attached hydrogens (primary N) is 2. The van der Waals surface area contributed by atoms with E-state index in [4.69, 9.17) is 16.0 Å². The van der Waals surface area contributed by atoms with E-state index in [1.807, 2.05) is 20.8 Å². The van der Waals surface area contributed by atoms with Gasteiger partial charge in [0.25, 0.3) is 0 Å². The van der Waals surface area contributed by atoms with Gasteiger partial charge in [-0.25, -0.2) is 0 Å². The van der Waals surface area contributed by atoms with Gasteiger partial charge in [-0.15, -0.1) is 0 Å². The number of hydrogen-bond acceptors (Lipinski definition) is 5. The van der Waals surface area contributed by atoms with Crippen LogP contribution in [-0.2, 0) is 29.2 Å². The van der Waals surface area contributed by atoms with Crippen molar-refractivity contribution in [1.29, 1.82) is 0 Å². The fourth-order valence-electron chi connectivity index (χ4n) is 2.99. The van der Waals surface area contributed by atoms with Gasteiger partial charge < -0.3 is 16.0 Å². The Balaban J connectivity index is 2.17. The van der Waals surface area contributed by atoms with E-state index in [0.717, 1.165) is 12.3 Å². The molecule has 172 valence electrons. The second-order valence-electron chi connectivity index (χ2n) is 8.56. The molecule has 8 heteroatoms. The SMILES string of the molecule is C=C(N)/C=C\C(=C/N)c1ccc(CC(=O)CCc2cc(C(C)(C)C)on2)cc1C(F)(F)F. The van der Waals surface area contributed by atoms with Gasteiger partial charge >= 0.3 is 6.18 Å². The summed E-state index contributed by atoms with van der Waals surface area (Å²) in [5, 5.41) is 3.96. The summed E-state index contributed by atoms with van der Waals surface area (Å²) in [6.07, 6.45) is -0.443. The van der Waals surface area contributed by atoms with Crippen molar-refractivity contribution >= 4 is 11.4 Å². The number of aromatic nitrogens is 1. The highest BCUT2D eigenvalue weighted by Crippen LogP contribution is 2.36. The highest BCUT2D eigenvalue weighted by molar-refractivity contribution is 5.82. The van der Waals surface area contributed by atoms with Crippen molar-refractivity contribution in [3.63, 3.8) is 0 Å². The van der Waals surface area contributed by atoms with Crippen LogP contribution in [0.5, 0.6) is 0 Å². The van der Waals surface area contributed by atoms with Crippen LogP contribution in [0.1, 0.15) is 55.3 Å². The smallest absolute Gasteiger partial charge is 0.404 e. The number of nitrogens with zero attached hydrogens (tertiary/aromatic N) is 1. The van der Waals surface area contributed by atoms with Gasteiger partial charge in [0.15, 0.2) is 0 Å². The zero-order valence-electron chi connectivity index (χ0n) is 18.4. The molecule has 0 aliphatic carbocycles. The Morgan fingerprint density at radius 2 is 1.88 bits per heavy atom. The molecule has 2 aromatic rings. The quantitative estimate of drug-likeness (QED) is 0.552. The average molecular weight is 448 g/mol. The van der Waals surface area contributed by atoms with Crippen molar-refractivity contribution in [1.82, 2.24) is 5.16 Å². The Kier molecular flexibility index (Phi) is 7.72. The summed E-state index contributed by atoms with van der Waals surface area (Å²) in [4.78, 5) is 12.4. The fraction of sp³-hybridized carbons (Fsp3) is 0.333. The van der Waals surface area contributed by atoms with Crippen molar-refractivity contribution in [3.05, 3.63) is 83.0 Å². The molecule has 0 spiro atoms. The second kappa shape index (κ2) is 9.89. The van der Waals surface area contributed by atoms with E-state index in [2.05, 4.69) is 11.7 Å². The number of benzene rings is 1. The molecule has 0 aliphatic rings. The first-order chi connectivity index (χ1) is 14.8. The lowest BCUT2D eigenvalue weighted by Gasteiger charge is -2.15. The van der Waals surface area contributed by atoms with Gasteiger partial charge in [0, 0.05) is 42.6 Å².